The van der Waals surface area contributed by atoms with E-state index in [9.17, 15) is 34.2 Å². The minimum absolute atomic E-state index is 0.0140. The average Bonchev–Trinajstić information content (AvgIpc) is 3.12. The van der Waals surface area contributed by atoms with Crippen molar-refractivity contribution in [2.24, 2.45) is 5.73 Å². The van der Waals surface area contributed by atoms with E-state index in [2.05, 4.69) is 21.3 Å². The van der Waals surface area contributed by atoms with Gasteiger partial charge in [0.2, 0.25) is 23.6 Å². The molecule has 0 bridgehead atoms. The maximum absolute atomic E-state index is 14.1. The van der Waals surface area contributed by atoms with Crippen molar-refractivity contribution in [3.05, 3.63) is 138 Å². The Morgan fingerprint density at radius 2 is 0.784 bits per heavy atom. The Morgan fingerprint density at radius 3 is 1.12 bits per heavy atom. The number of phenolic OH excluding ortho intramolecular Hbond substituents is 1. The predicted octanol–water partition coefficient (Wildman–Crippen LogP) is 2.03. The van der Waals surface area contributed by atoms with Crippen molar-refractivity contribution in [3.63, 3.8) is 0 Å². The molecule has 0 spiro atoms. The lowest BCUT2D eigenvalue weighted by atomic mass is 10.0. The molecule has 5 atom stereocenters. The van der Waals surface area contributed by atoms with Crippen molar-refractivity contribution < 1.29 is 34.2 Å². The average molecular weight is 694 g/mol. The predicted molar refractivity (Wildman–Crippen MR) is 191 cm³/mol. The van der Waals surface area contributed by atoms with Crippen LogP contribution in [0.3, 0.4) is 0 Å². The molecule has 0 radical (unpaired) electrons. The normalized spacial score (nSPS) is 13.8. The van der Waals surface area contributed by atoms with Crippen LogP contribution >= 0.6 is 0 Å². The second-order valence-corrected chi connectivity index (χ2v) is 12.3. The Hall–Kier alpha value is -6.01. The molecule has 4 rings (SSSR count). The van der Waals surface area contributed by atoms with E-state index < -0.39 is 59.8 Å². The lowest BCUT2D eigenvalue weighted by Crippen LogP contribution is -2.59. The van der Waals surface area contributed by atoms with Gasteiger partial charge < -0.3 is 37.2 Å². The van der Waals surface area contributed by atoms with Crippen molar-refractivity contribution in [1.82, 2.24) is 21.3 Å². The summed E-state index contributed by atoms with van der Waals surface area (Å²) in [7, 11) is 0. The van der Waals surface area contributed by atoms with Crippen LogP contribution < -0.4 is 27.0 Å². The van der Waals surface area contributed by atoms with Gasteiger partial charge in [0.1, 0.15) is 29.9 Å². The van der Waals surface area contributed by atoms with Crippen LogP contribution in [0.2, 0.25) is 0 Å². The highest BCUT2D eigenvalue weighted by molar-refractivity contribution is 5.95. The van der Waals surface area contributed by atoms with Gasteiger partial charge in [-0.25, -0.2) is 4.79 Å². The van der Waals surface area contributed by atoms with Crippen molar-refractivity contribution in [3.8, 4) is 5.75 Å². The number of aliphatic carboxylic acids is 1. The van der Waals surface area contributed by atoms with E-state index in [1.807, 2.05) is 24.3 Å². The summed E-state index contributed by atoms with van der Waals surface area (Å²) < 4.78 is 0. The number of carbonyl (C=O) groups excluding carboxylic acids is 4. The van der Waals surface area contributed by atoms with E-state index in [4.69, 9.17) is 5.73 Å². The van der Waals surface area contributed by atoms with Gasteiger partial charge in [-0.1, -0.05) is 103 Å². The molecule has 4 aromatic carbocycles. The van der Waals surface area contributed by atoms with Crippen molar-refractivity contribution in [2.75, 3.05) is 0 Å². The Labute approximate surface area is 296 Å². The highest BCUT2D eigenvalue weighted by Gasteiger charge is 2.32. The smallest absolute Gasteiger partial charge is 0.326 e. The van der Waals surface area contributed by atoms with E-state index >= 15 is 0 Å². The number of rotatable bonds is 17. The number of nitrogens with one attached hydrogen (secondary N) is 4. The van der Waals surface area contributed by atoms with Crippen LogP contribution in [-0.4, -0.2) is 70.0 Å². The summed E-state index contributed by atoms with van der Waals surface area (Å²) in [4.78, 5) is 66.5. The first kappa shape index (κ1) is 37.8. The summed E-state index contributed by atoms with van der Waals surface area (Å²) >= 11 is 0. The Bertz CT molecular complexity index is 1750. The summed E-state index contributed by atoms with van der Waals surface area (Å²) in [6.45, 7) is 1.50. The van der Waals surface area contributed by atoms with Crippen LogP contribution in [0, 0.1) is 0 Å². The molecular formula is C39H43N5O7. The molecule has 12 heteroatoms. The van der Waals surface area contributed by atoms with Crippen LogP contribution in [0.1, 0.15) is 29.2 Å². The van der Waals surface area contributed by atoms with E-state index in [-0.39, 0.29) is 31.4 Å². The SMILES string of the molecule is C[C@@H](N)C(=O)N[C@H](Cc1ccccc1)C(=O)N[C@H](Cc1ccccc1)C(=O)N[C@H](Cc1ccccc1)C(=O)N[C@H](Cc1ccc(O)cc1)C(=O)O. The second-order valence-electron chi connectivity index (χ2n) is 12.3. The van der Waals surface area contributed by atoms with Gasteiger partial charge in [-0.15, -0.1) is 0 Å². The Balaban J connectivity index is 1.60. The van der Waals surface area contributed by atoms with Crippen LogP contribution in [0.25, 0.3) is 0 Å². The van der Waals surface area contributed by atoms with Gasteiger partial charge in [0.15, 0.2) is 0 Å². The fourth-order valence-corrected chi connectivity index (χ4v) is 5.37. The van der Waals surface area contributed by atoms with Crippen LogP contribution in [0.5, 0.6) is 5.75 Å². The number of hydrogen-bond donors (Lipinski definition) is 7. The van der Waals surface area contributed by atoms with Gasteiger partial charge in [-0.3, -0.25) is 19.2 Å². The quantitative estimate of drug-likeness (QED) is 0.0871. The molecule has 8 N–H and O–H groups in total. The molecule has 12 nitrogen and oxygen atoms in total. The number of aromatic hydroxyl groups is 1. The number of phenols is 1. The van der Waals surface area contributed by atoms with E-state index in [1.54, 1.807) is 78.9 Å². The van der Waals surface area contributed by atoms with Gasteiger partial charge in [-0.05, 0) is 41.3 Å². The molecule has 0 fully saturated rings. The fourth-order valence-electron chi connectivity index (χ4n) is 5.37. The first-order valence-corrected chi connectivity index (χ1v) is 16.6. The molecule has 4 amide bonds. The van der Waals surface area contributed by atoms with Crippen LogP contribution in [0.15, 0.2) is 115 Å². The lowest BCUT2D eigenvalue weighted by molar-refractivity contribution is -0.142. The number of nitrogens with two attached hydrogens (primary N) is 1. The molecule has 51 heavy (non-hydrogen) atoms. The molecule has 0 aliphatic rings. The van der Waals surface area contributed by atoms with Crippen LogP contribution in [-0.2, 0) is 49.7 Å². The topological polar surface area (TPSA) is 200 Å². The van der Waals surface area contributed by atoms with Crippen molar-refractivity contribution in [2.45, 2.75) is 62.8 Å². The first-order chi connectivity index (χ1) is 24.5. The van der Waals surface area contributed by atoms with Crippen molar-refractivity contribution >= 4 is 29.6 Å². The second kappa shape index (κ2) is 18.7. The molecule has 0 aliphatic heterocycles. The van der Waals surface area contributed by atoms with E-state index in [0.29, 0.717) is 11.1 Å². The molecule has 0 heterocycles. The maximum Gasteiger partial charge on any atom is 0.326 e. The molecular weight excluding hydrogens is 650 g/mol. The lowest BCUT2D eigenvalue weighted by Gasteiger charge is -2.27. The number of carboxylic acid groups (broad SMARTS) is 1. The third-order valence-electron chi connectivity index (χ3n) is 8.15. The maximum atomic E-state index is 14.1. The van der Waals surface area contributed by atoms with Gasteiger partial charge in [0.05, 0.1) is 6.04 Å². The zero-order chi connectivity index (χ0) is 36.8. The summed E-state index contributed by atoms with van der Waals surface area (Å²) in [5.74, 6) is -3.88. The molecule has 0 saturated heterocycles. The molecule has 266 valence electrons. The number of carbonyl (C=O) groups is 5. The Morgan fingerprint density at radius 1 is 0.490 bits per heavy atom. The standard InChI is InChI=1S/C39H43N5O7/c1-25(40)35(46)41-31(21-26-11-5-2-6-12-26)36(47)42-32(22-27-13-7-3-8-14-27)37(48)43-33(23-28-15-9-4-10-16-28)38(49)44-34(39(50)51)24-29-17-19-30(45)20-18-29/h2-20,25,31-34,45H,21-24,40H2,1H3,(H,41,46)(H,42,47)(H,43,48)(H,44,49)(H,50,51)/t25-,31-,32-,33-,34-/m1/s1. The zero-order valence-electron chi connectivity index (χ0n) is 28.2. The zero-order valence-corrected chi connectivity index (χ0v) is 28.2. The molecule has 0 unspecified atom stereocenters. The van der Waals surface area contributed by atoms with E-state index in [0.717, 1.165) is 11.1 Å². The highest BCUT2D eigenvalue weighted by Crippen LogP contribution is 2.13. The first-order valence-electron chi connectivity index (χ1n) is 16.6. The third kappa shape index (κ3) is 12.1. The number of hydrogen-bond acceptors (Lipinski definition) is 7. The summed E-state index contributed by atoms with van der Waals surface area (Å²) in [5, 5.41) is 30.3. The van der Waals surface area contributed by atoms with Gasteiger partial charge in [0.25, 0.3) is 0 Å². The molecule has 0 aromatic heterocycles. The minimum Gasteiger partial charge on any atom is -0.508 e. The molecule has 0 aliphatic carbocycles. The minimum atomic E-state index is -1.34. The summed E-state index contributed by atoms with van der Waals surface area (Å²) in [6, 6.07) is 27.2. The van der Waals surface area contributed by atoms with Crippen LogP contribution in [0.4, 0.5) is 0 Å². The molecule has 0 saturated carbocycles. The molecule has 4 aromatic rings. The highest BCUT2D eigenvalue weighted by atomic mass is 16.4. The summed E-state index contributed by atoms with van der Waals surface area (Å²) in [5.41, 5.74) is 8.55. The van der Waals surface area contributed by atoms with Crippen molar-refractivity contribution in [1.29, 1.82) is 0 Å². The van der Waals surface area contributed by atoms with Gasteiger partial charge in [-0.2, -0.15) is 0 Å². The third-order valence-corrected chi connectivity index (χ3v) is 8.15. The van der Waals surface area contributed by atoms with Gasteiger partial charge in [0, 0.05) is 25.7 Å². The fraction of sp³-hybridized carbons (Fsp3) is 0.256. The Kier molecular flexibility index (Phi) is 13.8. The summed E-state index contributed by atoms with van der Waals surface area (Å²) in [6.07, 6.45) is 0.129. The van der Waals surface area contributed by atoms with E-state index in [1.165, 1.54) is 19.1 Å². The van der Waals surface area contributed by atoms with Gasteiger partial charge >= 0.3 is 5.97 Å². The number of benzene rings is 4. The number of amides is 4. The largest absolute Gasteiger partial charge is 0.508 e. The number of carboxylic acids is 1. The monoisotopic (exact) mass is 693 g/mol.